The number of nitrogens with one attached hydrogen (secondary N) is 1. The maximum absolute atomic E-state index is 12.1. The van der Waals surface area contributed by atoms with Crippen molar-refractivity contribution < 1.29 is 4.79 Å². The lowest BCUT2D eigenvalue weighted by atomic mass is 10.3. The van der Waals surface area contributed by atoms with Gasteiger partial charge in [0.25, 0.3) is 0 Å². The Labute approximate surface area is 152 Å². The van der Waals surface area contributed by atoms with Crippen LogP contribution < -0.4 is 5.32 Å². The number of para-hydroxylation sites is 1. The van der Waals surface area contributed by atoms with Gasteiger partial charge in [0, 0.05) is 16.8 Å². The van der Waals surface area contributed by atoms with E-state index in [1.54, 1.807) is 11.8 Å². The summed E-state index contributed by atoms with van der Waals surface area (Å²) in [5.74, 6) is 0.640. The zero-order chi connectivity index (χ0) is 17.1. The fourth-order valence-corrected chi connectivity index (χ4v) is 4.06. The first-order valence-electron chi connectivity index (χ1n) is 7.97. The van der Waals surface area contributed by atoms with E-state index in [-0.39, 0.29) is 12.3 Å². The second-order valence-electron chi connectivity index (χ2n) is 5.75. The number of aromatic nitrogens is 5. The Morgan fingerprint density at radius 3 is 2.96 bits per heavy atom. The number of thioether (sulfide) groups is 1. The van der Waals surface area contributed by atoms with Crippen molar-refractivity contribution in [3.8, 4) is 0 Å². The third-order valence-corrected chi connectivity index (χ3v) is 5.54. The lowest BCUT2D eigenvalue weighted by molar-refractivity contribution is -0.115. The molecule has 1 aliphatic rings. The minimum atomic E-state index is -0.0579. The van der Waals surface area contributed by atoms with Gasteiger partial charge in [-0.15, -0.1) is 16.4 Å². The van der Waals surface area contributed by atoms with Crippen LogP contribution in [0.2, 0.25) is 0 Å². The number of rotatable bonds is 7. The van der Waals surface area contributed by atoms with Gasteiger partial charge in [0.2, 0.25) is 11.1 Å². The fraction of sp³-hybridized carbons (Fsp3) is 0.312. The molecule has 25 heavy (non-hydrogen) atoms. The molecule has 0 atom stereocenters. The van der Waals surface area contributed by atoms with Gasteiger partial charge in [-0.3, -0.25) is 4.79 Å². The number of hydrogen-bond donors (Lipinski definition) is 1. The van der Waals surface area contributed by atoms with E-state index in [0.29, 0.717) is 11.8 Å². The van der Waals surface area contributed by atoms with Crippen molar-refractivity contribution in [2.45, 2.75) is 36.2 Å². The van der Waals surface area contributed by atoms with Crippen LogP contribution in [0.3, 0.4) is 0 Å². The van der Waals surface area contributed by atoms with Gasteiger partial charge >= 0.3 is 0 Å². The SMILES string of the molecule is O=C(Cc1nc(CSc2nnnn2C2CC2)cs1)Nc1ccccc1. The van der Waals surface area contributed by atoms with Crippen LogP contribution in [-0.4, -0.2) is 31.1 Å². The highest BCUT2D eigenvalue weighted by Gasteiger charge is 2.27. The van der Waals surface area contributed by atoms with Gasteiger partial charge in [0.15, 0.2) is 0 Å². The number of nitrogens with zero attached hydrogens (tertiary/aromatic N) is 5. The Morgan fingerprint density at radius 1 is 1.32 bits per heavy atom. The van der Waals surface area contributed by atoms with Crippen LogP contribution >= 0.6 is 23.1 Å². The Bertz CT molecular complexity index is 858. The van der Waals surface area contributed by atoms with Crippen molar-refractivity contribution >= 4 is 34.7 Å². The molecule has 2 heterocycles. The highest BCUT2D eigenvalue weighted by Crippen LogP contribution is 2.36. The van der Waals surface area contributed by atoms with E-state index >= 15 is 0 Å². The number of carbonyl (C=O) groups is 1. The molecule has 0 unspecified atom stereocenters. The number of carbonyl (C=O) groups excluding carboxylic acids is 1. The highest BCUT2D eigenvalue weighted by atomic mass is 32.2. The Kier molecular flexibility index (Phi) is 4.75. The van der Waals surface area contributed by atoms with Crippen molar-refractivity contribution in [3.63, 3.8) is 0 Å². The fourth-order valence-electron chi connectivity index (χ4n) is 2.33. The van der Waals surface area contributed by atoms with Crippen LogP contribution in [0.25, 0.3) is 0 Å². The van der Waals surface area contributed by atoms with Crippen LogP contribution in [0, 0.1) is 0 Å². The van der Waals surface area contributed by atoms with Crippen molar-refractivity contribution in [3.05, 3.63) is 46.4 Å². The van der Waals surface area contributed by atoms with E-state index in [2.05, 4.69) is 25.8 Å². The lowest BCUT2D eigenvalue weighted by Crippen LogP contribution is -2.14. The summed E-state index contributed by atoms with van der Waals surface area (Å²) in [4.78, 5) is 16.6. The third-order valence-electron chi connectivity index (χ3n) is 3.67. The molecule has 128 valence electrons. The molecule has 0 spiro atoms. The first-order chi connectivity index (χ1) is 12.3. The predicted octanol–water partition coefficient (Wildman–Crippen LogP) is 2.94. The van der Waals surface area contributed by atoms with Crippen molar-refractivity contribution in [1.29, 1.82) is 0 Å². The molecule has 2 aromatic heterocycles. The van der Waals surface area contributed by atoms with Crippen molar-refractivity contribution in [2.24, 2.45) is 0 Å². The van der Waals surface area contributed by atoms with Crippen LogP contribution in [0.15, 0.2) is 40.9 Å². The monoisotopic (exact) mass is 372 g/mol. The van der Waals surface area contributed by atoms with Crippen LogP contribution in [0.4, 0.5) is 5.69 Å². The molecule has 0 aliphatic heterocycles. The molecule has 0 saturated heterocycles. The number of anilines is 1. The van der Waals surface area contributed by atoms with E-state index in [1.165, 1.54) is 11.3 Å². The first kappa shape index (κ1) is 16.2. The summed E-state index contributed by atoms with van der Waals surface area (Å²) in [6.07, 6.45) is 2.58. The molecule has 1 aliphatic carbocycles. The Balaban J connectivity index is 1.31. The average Bonchev–Trinajstić information content (AvgIpc) is 3.18. The Morgan fingerprint density at radius 2 is 2.16 bits per heavy atom. The molecule has 1 fully saturated rings. The normalized spacial score (nSPS) is 13.8. The van der Waals surface area contributed by atoms with Gasteiger partial charge in [-0.25, -0.2) is 9.67 Å². The molecule has 4 rings (SSSR count). The topological polar surface area (TPSA) is 85.6 Å². The summed E-state index contributed by atoms with van der Waals surface area (Å²) in [5, 5.41) is 18.4. The van der Waals surface area contributed by atoms with Gasteiger partial charge in [-0.05, 0) is 35.4 Å². The van der Waals surface area contributed by atoms with E-state index < -0.39 is 0 Å². The second-order valence-corrected chi connectivity index (χ2v) is 7.63. The predicted molar refractivity (Wildman–Crippen MR) is 96.5 cm³/mol. The summed E-state index contributed by atoms with van der Waals surface area (Å²) in [5.41, 5.74) is 1.75. The quantitative estimate of drug-likeness (QED) is 0.642. The zero-order valence-electron chi connectivity index (χ0n) is 13.3. The summed E-state index contributed by atoms with van der Waals surface area (Å²) >= 11 is 3.09. The standard InChI is InChI=1S/C16H16N6OS2/c23-14(17-11-4-2-1-3-5-11)8-15-18-12(9-24-15)10-25-16-19-20-21-22(16)13-6-7-13/h1-5,9,13H,6-8,10H2,(H,17,23). The molecular weight excluding hydrogens is 356 g/mol. The van der Waals surface area contributed by atoms with Gasteiger partial charge < -0.3 is 5.32 Å². The average molecular weight is 372 g/mol. The van der Waals surface area contributed by atoms with Crippen LogP contribution in [0.5, 0.6) is 0 Å². The zero-order valence-corrected chi connectivity index (χ0v) is 15.0. The molecule has 1 amide bonds. The van der Waals surface area contributed by atoms with Gasteiger partial charge in [0.1, 0.15) is 5.01 Å². The molecule has 0 bridgehead atoms. The summed E-state index contributed by atoms with van der Waals surface area (Å²) < 4.78 is 1.89. The third kappa shape index (κ3) is 4.23. The highest BCUT2D eigenvalue weighted by molar-refractivity contribution is 7.98. The molecule has 9 heteroatoms. The molecule has 0 radical (unpaired) electrons. The minimum Gasteiger partial charge on any atom is -0.326 e. The van der Waals surface area contributed by atoms with E-state index in [9.17, 15) is 4.79 Å². The number of hydrogen-bond acceptors (Lipinski definition) is 7. The summed E-state index contributed by atoms with van der Waals surface area (Å²) in [7, 11) is 0. The van der Waals surface area contributed by atoms with Gasteiger partial charge in [-0.2, -0.15) is 0 Å². The second kappa shape index (κ2) is 7.32. The van der Waals surface area contributed by atoms with Gasteiger partial charge in [0.05, 0.1) is 18.2 Å². The number of benzene rings is 1. The Hall–Kier alpha value is -2.26. The number of amides is 1. The maximum atomic E-state index is 12.1. The van der Waals surface area contributed by atoms with Crippen molar-refractivity contribution in [2.75, 3.05) is 5.32 Å². The summed E-state index contributed by atoms with van der Waals surface area (Å²) in [6.45, 7) is 0. The van der Waals surface area contributed by atoms with Crippen LogP contribution in [-0.2, 0) is 17.0 Å². The lowest BCUT2D eigenvalue weighted by Gasteiger charge is -2.03. The molecule has 1 N–H and O–H groups in total. The van der Waals surface area contributed by atoms with E-state index in [1.807, 2.05) is 40.4 Å². The van der Waals surface area contributed by atoms with Gasteiger partial charge in [-0.1, -0.05) is 30.0 Å². The van der Waals surface area contributed by atoms with E-state index in [0.717, 1.165) is 34.4 Å². The molecular formula is C16H16N6OS2. The number of thiazole rings is 1. The molecule has 1 aromatic carbocycles. The molecule has 7 nitrogen and oxygen atoms in total. The smallest absolute Gasteiger partial charge is 0.231 e. The van der Waals surface area contributed by atoms with Crippen molar-refractivity contribution in [1.82, 2.24) is 25.2 Å². The molecule has 3 aromatic rings. The molecule has 1 saturated carbocycles. The minimum absolute atomic E-state index is 0.0579. The number of tetrazole rings is 1. The van der Waals surface area contributed by atoms with E-state index in [4.69, 9.17) is 0 Å². The largest absolute Gasteiger partial charge is 0.326 e. The first-order valence-corrected chi connectivity index (χ1v) is 9.83. The maximum Gasteiger partial charge on any atom is 0.231 e. The summed E-state index contributed by atoms with van der Waals surface area (Å²) in [6, 6.07) is 9.90. The van der Waals surface area contributed by atoms with Crippen LogP contribution in [0.1, 0.15) is 29.6 Å².